The van der Waals surface area contributed by atoms with Gasteiger partial charge < -0.3 is 0 Å². The topological polar surface area (TPSA) is 12.9 Å². The molecule has 0 radical (unpaired) electrons. The van der Waals surface area contributed by atoms with Gasteiger partial charge in [0.15, 0.2) is 0 Å². The van der Waals surface area contributed by atoms with Gasteiger partial charge in [0, 0.05) is 17.3 Å². The maximum atomic E-state index is 14.1. The van der Waals surface area contributed by atoms with Gasteiger partial charge in [-0.25, -0.2) is 4.39 Å². The molecule has 0 N–H and O–H groups in total. The minimum Gasteiger partial charge on any atom is -0.254 e. The third kappa shape index (κ3) is 3.04. The van der Waals surface area contributed by atoms with Crippen LogP contribution in [-0.2, 0) is 0 Å². The molecule has 0 bridgehead atoms. The first-order chi connectivity index (χ1) is 8.54. The van der Waals surface area contributed by atoms with E-state index in [2.05, 4.69) is 4.98 Å². The lowest BCUT2D eigenvalue weighted by Crippen LogP contribution is -1.87. The Bertz CT molecular complexity index is 580. The van der Waals surface area contributed by atoms with Crippen molar-refractivity contribution < 1.29 is 4.39 Å². The van der Waals surface area contributed by atoms with Gasteiger partial charge in [0.25, 0.3) is 0 Å². The van der Waals surface area contributed by atoms with Gasteiger partial charge in [-0.2, -0.15) is 0 Å². The van der Waals surface area contributed by atoms with Crippen LogP contribution in [0.5, 0.6) is 0 Å². The van der Waals surface area contributed by atoms with E-state index < -0.39 is 0 Å². The summed E-state index contributed by atoms with van der Waals surface area (Å²) in [5, 5.41) is 0. The summed E-state index contributed by atoms with van der Waals surface area (Å²) >= 11 is 0. The number of benzene rings is 1. The monoisotopic (exact) mass is 241 g/mol. The number of rotatable bonds is 2. The third-order valence-corrected chi connectivity index (χ3v) is 2.68. The van der Waals surface area contributed by atoms with Crippen LogP contribution in [0.4, 0.5) is 4.39 Å². The van der Waals surface area contributed by atoms with Crippen molar-refractivity contribution in [3.05, 3.63) is 64.5 Å². The molecule has 1 aromatic heterocycles. The normalized spacial score (nSPS) is 11.7. The molecule has 2 aromatic rings. The van der Waals surface area contributed by atoms with Crippen molar-refractivity contribution >= 4 is 11.9 Å². The molecule has 0 unspecified atom stereocenters. The highest BCUT2D eigenvalue weighted by atomic mass is 19.1. The van der Waals surface area contributed by atoms with Crippen molar-refractivity contribution in [1.82, 2.24) is 4.98 Å². The molecule has 0 saturated heterocycles. The van der Waals surface area contributed by atoms with E-state index >= 15 is 0 Å². The number of nitrogens with zero attached hydrogens (tertiary/aromatic N) is 1. The number of halogens is 1. The first-order valence-electron chi connectivity index (χ1n) is 5.94. The molecule has 0 fully saturated rings. The van der Waals surface area contributed by atoms with E-state index in [9.17, 15) is 4.39 Å². The van der Waals surface area contributed by atoms with Gasteiger partial charge in [-0.1, -0.05) is 23.3 Å². The van der Waals surface area contributed by atoms with Crippen LogP contribution in [0.15, 0.2) is 36.4 Å². The molecule has 1 nitrogen and oxygen atoms in total. The maximum absolute atomic E-state index is 14.1. The summed E-state index contributed by atoms with van der Waals surface area (Å²) in [6.45, 7) is 5.83. The van der Waals surface area contributed by atoms with Gasteiger partial charge in [0.05, 0.1) is 5.69 Å². The van der Waals surface area contributed by atoms with Crippen molar-refractivity contribution in [2.24, 2.45) is 0 Å². The van der Waals surface area contributed by atoms with Gasteiger partial charge in [0.1, 0.15) is 5.83 Å². The summed E-state index contributed by atoms with van der Waals surface area (Å²) in [6, 6.07) is 11.3. The minimum absolute atomic E-state index is 0.250. The van der Waals surface area contributed by atoms with Crippen LogP contribution < -0.4 is 0 Å². The second-order valence-electron chi connectivity index (χ2n) is 4.57. The highest BCUT2D eigenvalue weighted by Crippen LogP contribution is 2.21. The first kappa shape index (κ1) is 12.5. The fraction of sp³-hybridized carbons (Fsp3) is 0.188. The van der Waals surface area contributed by atoms with E-state index in [1.54, 1.807) is 6.07 Å². The van der Waals surface area contributed by atoms with E-state index in [1.807, 2.05) is 51.1 Å². The summed E-state index contributed by atoms with van der Waals surface area (Å²) in [4.78, 5) is 4.27. The Morgan fingerprint density at radius 1 is 1.06 bits per heavy atom. The summed E-state index contributed by atoms with van der Waals surface area (Å²) < 4.78 is 14.1. The lowest BCUT2D eigenvalue weighted by molar-refractivity contribution is 0.764. The molecular weight excluding hydrogens is 225 g/mol. The van der Waals surface area contributed by atoms with Crippen LogP contribution in [0.2, 0.25) is 0 Å². The van der Waals surface area contributed by atoms with Crippen LogP contribution in [0.1, 0.15) is 28.1 Å². The second-order valence-corrected chi connectivity index (χ2v) is 4.57. The van der Waals surface area contributed by atoms with E-state index in [-0.39, 0.29) is 5.83 Å². The summed E-state index contributed by atoms with van der Waals surface area (Å²) in [6.07, 6.45) is 1.47. The molecule has 92 valence electrons. The highest BCUT2D eigenvalue weighted by Gasteiger charge is 2.03. The quantitative estimate of drug-likeness (QED) is 0.755. The number of pyridine rings is 1. The van der Waals surface area contributed by atoms with Crippen LogP contribution in [0.3, 0.4) is 0 Å². The fourth-order valence-electron chi connectivity index (χ4n) is 1.97. The minimum atomic E-state index is -0.250. The molecule has 0 atom stereocenters. The number of hydrogen-bond donors (Lipinski definition) is 0. The Labute approximate surface area is 107 Å². The predicted octanol–water partition coefficient (Wildman–Crippen LogP) is 4.47. The number of aryl methyl sites for hydroxylation is 3. The molecule has 0 spiro atoms. The first-order valence-corrected chi connectivity index (χ1v) is 5.94. The van der Waals surface area contributed by atoms with Crippen molar-refractivity contribution in [3.8, 4) is 0 Å². The average molecular weight is 241 g/mol. The Hall–Kier alpha value is -1.96. The van der Waals surface area contributed by atoms with Crippen molar-refractivity contribution in [3.63, 3.8) is 0 Å². The lowest BCUT2D eigenvalue weighted by atomic mass is 10.1. The van der Waals surface area contributed by atoms with Gasteiger partial charge in [-0.05, 0) is 45.0 Å². The number of aromatic nitrogens is 1. The molecule has 0 amide bonds. The molecule has 0 aliphatic rings. The molecule has 1 aromatic carbocycles. The third-order valence-electron chi connectivity index (χ3n) is 2.68. The molecule has 0 aliphatic carbocycles. The van der Waals surface area contributed by atoms with Gasteiger partial charge in [-0.3, -0.25) is 4.98 Å². The molecule has 18 heavy (non-hydrogen) atoms. The van der Waals surface area contributed by atoms with Crippen molar-refractivity contribution in [2.45, 2.75) is 20.8 Å². The van der Waals surface area contributed by atoms with Crippen molar-refractivity contribution in [1.29, 1.82) is 0 Å². The van der Waals surface area contributed by atoms with Crippen molar-refractivity contribution in [2.75, 3.05) is 0 Å². The van der Waals surface area contributed by atoms with Crippen LogP contribution in [0, 0.1) is 20.8 Å². The summed E-state index contributed by atoms with van der Waals surface area (Å²) in [5.41, 5.74) is 4.26. The van der Waals surface area contributed by atoms with Crippen LogP contribution >= 0.6 is 0 Å². The average Bonchev–Trinajstić information content (AvgIpc) is 2.27. The zero-order valence-corrected chi connectivity index (χ0v) is 10.9. The molecule has 0 saturated carbocycles. The Morgan fingerprint density at radius 3 is 2.33 bits per heavy atom. The van der Waals surface area contributed by atoms with Gasteiger partial charge in [0.2, 0.25) is 0 Å². The molecular formula is C16H16FN. The zero-order valence-electron chi connectivity index (χ0n) is 10.9. The maximum Gasteiger partial charge on any atom is 0.132 e. The van der Waals surface area contributed by atoms with Gasteiger partial charge in [-0.15, -0.1) is 0 Å². The van der Waals surface area contributed by atoms with E-state index in [0.29, 0.717) is 11.3 Å². The Balaban J connectivity index is 2.38. The highest BCUT2D eigenvalue weighted by molar-refractivity contribution is 5.76. The Kier molecular flexibility index (Phi) is 3.56. The molecule has 0 aliphatic heterocycles. The van der Waals surface area contributed by atoms with Crippen LogP contribution in [0.25, 0.3) is 11.9 Å². The predicted molar refractivity (Wildman–Crippen MR) is 73.9 cm³/mol. The van der Waals surface area contributed by atoms with E-state index in [1.165, 1.54) is 6.08 Å². The smallest absolute Gasteiger partial charge is 0.132 e. The molecule has 1 heterocycles. The molecule has 2 heteroatoms. The summed E-state index contributed by atoms with van der Waals surface area (Å²) in [7, 11) is 0. The van der Waals surface area contributed by atoms with E-state index in [4.69, 9.17) is 0 Å². The van der Waals surface area contributed by atoms with Gasteiger partial charge >= 0.3 is 0 Å². The lowest BCUT2D eigenvalue weighted by Gasteiger charge is -2.03. The Morgan fingerprint density at radius 2 is 1.72 bits per heavy atom. The SMILES string of the molecule is Cc1cc(C)cc(C(F)=Cc2cccc(C)n2)c1. The molecule has 2 rings (SSSR count). The summed E-state index contributed by atoms with van der Waals surface area (Å²) in [5.74, 6) is -0.250. The largest absolute Gasteiger partial charge is 0.254 e. The number of hydrogen-bond acceptors (Lipinski definition) is 1. The van der Waals surface area contributed by atoms with E-state index in [0.717, 1.165) is 16.8 Å². The fourth-order valence-corrected chi connectivity index (χ4v) is 1.97. The zero-order chi connectivity index (χ0) is 13.1. The second kappa shape index (κ2) is 5.13. The van der Waals surface area contributed by atoms with Crippen LogP contribution in [-0.4, -0.2) is 4.98 Å². The standard InChI is InChI=1S/C16H16FN/c1-11-7-12(2)9-14(8-11)16(17)10-15-6-4-5-13(3)18-15/h4-10H,1-3H3.